The number of hydrogen-bond donors (Lipinski definition) is 1. The zero-order valence-corrected chi connectivity index (χ0v) is 17.4. The van der Waals surface area contributed by atoms with E-state index in [2.05, 4.69) is 5.32 Å². The molecule has 0 fully saturated rings. The average molecular weight is 383 g/mol. The molecule has 0 aliphatic heterocycles. The Labute approximate surface area is 167 Å². The predicted molar refractivity (Wildman–Crippen MR) is 111 cm³/mol. The smallest absolute Gasteiger partial charge is 0.252 e. The Balaban J connectivity index is 2.14. The molecule has 2 amide bonds. The lowest BCUT2D eigenvalue weighted by molar-refractivity contribution is -0.134. The molecule has 1 unspecified atom stereocenters. The Morgan fingerprint density at radius 3 is 2.25 bits per heavy atom. The molecule has 0 radical (unpaired) electrons. The van der Waals surface area contributed by atoms with Crippen molar-refractivity contribution >= 4 is 11.8 Å². The van der Waals surface area contributed by atoms with Gasteiger partial charge in [0.1, 0.15) is 11.8 Å². The van der Waals surface area contributed by atoms with Crippen molar-refractivity contribution < 1.29 is 14.3 Å². The van der Waals surface area contributed by atoms with Crippen molar-refractivity contribution in [2.24, 2.45) is 5.92 Å². The van der Waals surface area contributed by atoms with Crippen molar-refractivity contribution in [3.8, 4) is 5.75 Å². The molecular weight excluding hydrogens is 352 g/mol. The van der Waals surface area contributed by atoms with E-state index in [0.29, 0.717) is 18.7 Å². The third-order valence-corrected chi connectivity index (χ3v) is 4.83. The van der Waals surface area contributed by atoms with Gasteiger partial charge in [-0.05, 0) is 49.1 Å². The molecule has 0 bridgehead atoms. The number of amides is 2. The van der Waals surface area contributed by atoms with Crippen molar-refractivity contribution in [1.29, 1.82) is 0 Å². The second-order valence-corrected chi connectivity index (χ2v) is 7.21. The maximum atomic E-state index is 13.2. The van der Waals surface area contributed by atoms with Crippen LogP contribution in [0.25, 0.3) is 0 Å². The fourth-order valence-electron chi connectivity index (χ4n) is 3.05. The van der Waals surface area contributed by atoms with Gasteiger partial charge in [-0.25, -0.2) is 0 Å². The summed E-state index contributed by atoms with van der Waals surface area (Å²) in [5, 5.41) is 2.94. The fraction of sp³-hybridized carbons (Fsp3) is 0.391. The van der Waals surface area contributed by atoms with Crippen LogP contribution in [0.15, 0.2) is 48.5 Å². The van der Waals surface area contributed by atoms with Gasteiger partial charge in [-0.2, -0.15) is 0 Å². The molecular formula is C23H30N2O3. The molecule has 0 aliphatic rings. The monoisotopic (exact) mass is 382 g/mol. The second-order valence-electron chi connectivity index (χ2n) is 7.21. The van der Waals surface area contributed by atoms with E-state index in [0.717, 1.165) is 16.9 Å². The van der Waals surface area contributed by atoms with E-state index in [9.17, 15) is 9.59 Å². The number of carbonyl (C=O) groups is 2. The normalized spacial score (nSPS) is 11.8. The van der Waals surface area contributed by atoms with Gasteiger partial charge >= 0.3 is 0 Å². The molecule has 1 atom stereocenters. The molecule has 2 aromatic rings. The lowest BCUT2D eigenvalue weighted by Gasteiger charge is -2.29. The largest absolute Gasteiger partial charge is 0.497 e. The topological polar surface area (TPSA) is 58.6 Å². The number of rotatable bonds is 8. The number of aryl methyl sites for hydroxylation is 1. The highest BCUT2D eigenvalue weighted by molar-refractivity contribution is 5.98. The van der Waals surface area contributed by atoms with E-state index in [1.54, 1.807) is 18.1 Å². The summed E-state index contributed by atoms with van der Waals surface area (Å²) in [6.07, 6.45) is 0. The van der Waals surface area contributed by atoms with Crippen LogP contribution in [0.4, 0.5) is 0 Å². The Kier molecular flexibility index (Phi) is 7.61. The van der Waals surface area contributed by atoms with Crippen LogP contribution in [-0.2, 0) is 11.3 Å². The first-order valence-corrected chi connectivity index (χ1v) is 9.65. The van der Waals surface area contributed by atoms with Crippen LogP contribution < -0.4 is 10.1 Å². The highest BCUT2D eigenvalue weighted by Gasteiger charge is 2.28. The summed E-state index contributed by atoms with van der Waals surface area (Å²) in [7, 11) is 1.63. The molecule has 0 heterocycles. The number of carbonyl (C=O) groups excluding carboxylic acids is 2. The molecule has 5 heteroatoms. The van der Waals surface area contributed by atoms with Crippen molar-refractivity contribution in [1.82, 2.24) is 10.2 Å². The molecule has 1 N–H and O–H groups in total. The van der Waals surface area contributed by atoms with E-state index in [4.69, 9.17) is 4.74 Å². The Morgan fingerprint density at radius 2 is 1.71 bits per heavy atom. The summed E-state index contributed by atoms with van der Waals surface area (Å²) in [4.78, 5) is 27.7. The summed E-state index contributed by atoms with van der Waals surface area (Å²) in [5.41, 5.74) is 2.50. The van der Waals surface area contributed by atoms with Gasteiger partial charge in [0.05, 0.1) is 7.11 Å². The number of benzene rings is 2. The molecule has 150 valence electrons. The average Bonchev–Trinajstić information content (AvgIpc) is 2.70. The predicted octanol–water partition coefficient (Wildman–Crippen LogP) is 3.81. The summed E-state index contributed by atoms with van der Waals surface area (Å²) in [6, 6.07) is 14.5. The number of likely N-dealkylation sites (N-methyl/N-ethyl adjacent to an activating group) is 1. The van der Waals surface area contributed by atoms with Gasteiger partial charge in [0.15, 0.2) is 0 Å². The number of methoxy groups -OCH3 is 1. The van der Waals surface area contributed by atoms with Crippen LogP contribution in [-0.4, -0.2) is 36.4 Å². The number of nitrogens with zero attached hydrogens (tertiary/aromatic N) is 1. The van der Waals surface area contributed by atoms with E-state index in [1.807, 2.05) is 70.2 Å². The first-order chi connectivity index (χ1) is 13.4. The van der Waals surface area contributed by atoms with Crippen molar-refractivity contribution in [3.05, 3.63) is 65.2 Å². The van der Waals surface area contributed by atoms with E-state index < -0.39 is 6.04 Å². The molecule has 0 saturated carbocycles. The highest BCUT2D eigenvalue weighted by Crippen LogP contribution is 2.16. The summed E-state index contributed by atoms with van der Waals surface area (Å²) in [5.74, 6) is 0.468. The highest BCUT2D eigenvalue weighted by atomic mass is 16.5. The third-order valence-electron chi connectivity index (χ3n) is 4.83. The molecule has 0 spiro atoms. The minimum atomic E-state index is -0.578. The quantitative estimate of drug-likeness (QED) is 0.755. The van der Waals surface area contributed by atoms with Crippen LogP contribution in [0.2, 0.25) is 0 Å². The van der Waals surface area contributed by atoms with E-state index in [-0.39, 0.29) is 17.7 Å². The fourth-order valence-corrected chi connectivity index (χ4v) is 3.05. The Hall–Kier alpha value is -2.82. The second kappa shape index (κ2) is 9.93. The number of nitrogens with one attached hydrogen (secondary N) is 1. The zero-order chi connectivity index (χ0) is 20.7. The summed E-state index contributed by atoms with van der Waals surface area (Å²) < 4.78 is 5.19. The van der Waals surface area contributed by atoms with Gasteiger partial charge < -0.3 is 15.0 Å². The van der Waals surface area contributed by atoms with Crippen molar-refractivity contribution in [2.75, 3.05) is 13.7 Å². The van der Waals surface area contributed by atoms with Crippen LogP contribution in [0.1, 0.15) is 42.3 Å². The SMILES string of the molecule is CCN(Cc1ccc(OC)cc1)C(=O)C(NC(=O)c1ccccc1C)C(C)C. The van der Waals surface area contributed by atoms with Crippen LogP contribution in [0.3, 0.4) is 0 Å². The van der Waals surface area contributed by atoms with Gasteiger partial charge in [-0.3, -0.25) is 9.59 Å². The molecule has 2 rings (SSSR count). The van der Waals surface area contributed by atoms with Crippen LogP contribution in [0, 0.1) is 12.8 Å². The van der Waals surface area contributed by atoms with Gasteiger partial charge in [0.25, 0.3) is 5.91 Å². The van der Waals surface area contributed by atoms with Gasteiger partial charge in [0.2, 0.25) is 5.91 Å². The maximum Gasteiger partial charge on any atom is 0.252 e. The standard InChI is InChI=1S/C23H30N2O3/c1-6-25(15-18-11-13-19(28-5)14-12-18)23(27)21(16(2)3)24-22(26)20-10-8-7-9-17(20)4/h7-14,16,21H,6,15H2,1-5H3,(H,24,26). The van der Waals surface area contributed by atoms with Gasteiger partial charge in [-0.15, -0.1) is 0 Å². The van der Waals surface area contributed by atoms with Crippen LogP contribution >= 0.6 is 0 Å². The Bertz CT molecular complexity index is 800. The van der Waals surface area contributed by atoms with Gasteiger partial charge in [0, 0.05) is 18.7 Å². The number of hydrogen-bond acceptors (Lipinski definition) is 3. The molecule has 0 saturated heterocycles. The first-order valence-electron chi connectivity index (χ1n) is 9.65. The number of ether oxygens (including phenoxy) is 1. The molecule has 5 nitrogen and oxygen atoms in total. The zero-order valence-electron chi connectivity index (χ0n) is 17.4. The minimum absolute atomic E-state index is 0.0228. The summed E-state index contributed by atoms with van der Waals surface area (Å²) in [6.45, 7) is 8.78. The van der Waals surface area contributed by atoms with E-state index >= 15 is 0 Å². The first kappa shape index (κ1) is 21.5. The third kappa shape index (κ3) is 5.35. The van der Waals surface area contributed by atoms with Crippen molar-refractivity contribution in [2.45, 2.75) is 40.3 Å². The van der Waals surface area contributed by atoms with E-state index in [1.165, 1.54) is 0 Å². The maximum absolute atomic E-state index is 13.2. The van der Waals surface area contributed by atoms with Gasteiger partial charge in [-0.1, -0.05) is 44.2 Å². The molecule has 0 aromatic heterocycles. The summed E-state index contributed by atoms with van der Waals surface area (Å²) >= 11 is 0. The minimum Gasteiger partial charge on any atom is -0.497 e. The molecule has 0 aliphatic carbocycles. The Morgan fingerprint density at radius 1 is 1.07 bits per heavy atom. The molecule has 28 heavy (non-hydrogen) atoms. The lowest BCUT2D eigenvalue weighted by Crippen LogP contribution is -2.51. The van der Waals surface area contributed by atoms with Crippen LogP contribution in [0.5, 0.6) is 5.75 Å². The molecule has 2 aromatic carbocycles. The lowest BCUT2D eigenvalue weighted by atomic mass is 10.0. The van der Waals surface area contributed by atoms with Crippen molar-refractivity contribution in [3.63, 3.8) is 0 Å².